The van der Waals surface area contributed by atoms with E-state index in [1.165, 1.54) is 6.42 Å². The number of ketones is 1. The number of hydrogen-bond acceptors (Lipinski definition) is 2. The molecule has 0 aromatic carbocycles. The molecule has 0 radical (unpaired) electrons. The summed E-state index contributed by atoms with van der Waals surface area (Å²) in [6, 6.07) is 0. The van der Waals surface area contributed by atoms with Gasteiger partial charge in [0.25, 0.3) is 0 Å². The molecule has 1 heterocycles. The van der Waals surface area contributed by atoms with Crippen LogP contribution in [0.1, 0.15) is 53.4 Å². The maximum atomic E-state index is 11.8. The molecule has 0 unspecified atom stereocenters. The van der Waals surface area contributed by atoms with Crippen molar-refractivity contribution in [3.05, 3.63) is 0 Å². The molecule has 3 atom stereocenters. The fourth-order valence-corrected chi connectivity index (χ4v) is 3.77. The Hall–Kier alpha value is -0.370. The molecule has 0 N–H and O–H groups in total. The highest BCUT2D eigenvalue weighted by molar-refractivity contribution is 5.81. The maximum absolute atomic E-state index is 11.8. The summed E-state index contributed by atoms with van der Waals surface area (Å²) >= 11 is 0. The Balaban J connectivity index is 2.29. The summed E-state index contributed by atoms with van der Waals surface area (Å²) < 4.78 is 6.06. The predicted molar refractivity (Wildman–Crippen MR) is 59.7 cm³/mol. The lowest BCUT2D eigenvalue weighted by Crippen LogP contribution is -2.55. The number of rotatable bonds is 0. The van der Waals surface area contributed by atoms with Gasteiger partial charge < -0.3 is 4.74 Å². The van der Waals surface area contributed by atoms with E-state index in [1.807, 2.05) is 0 Å². The molecule has 0 bridgehead atoms. The van der Waals surface area contributed by atoms with Crippen molar-refractivity contribution in [1.82, 2.24) is 0 Å². The van der Waals surface area contributed by atoms with Gasteiger partial charge in [-0.05, 0) is 38.0 Å². The van der Waals surface area contributed by atoms with Gasteiger partial charge in [-0.2, -0.15) is 0 Å². The first-order valence-corrected chi connectivity index (χ1v) is 6.03. The predicted octanol–water partition coefficient (Wildman–Crippen LogP) is 2.95. The molecule has 1 saturated heterocycles. The lowest BCUT2D eigenvalue weighted by molar-refractivity contribution is -0.194. The highest BCUT2D eigenvalue weighted by Crippen LogP contribution is 2.51. The van der Waals surface area contributed by atoms with Crippen molar-refractivity contribution in [2.75, 3.05) is 0 Å². The SMILES string of the molecule is C[C@@H]1CC[C@H]2C(C)(C)CC(=O)C[C@]2(C)O1. The van der Waals surface area contributed by atoms with Crippen molar-refractivity contribution in [3.63, 3.8) is 0 Å². The number of carbonyl (C=O) groups excluding carboxylic acids is 1. The quantitative estimate of drug-likeness (QED) is 0.614. The fraction of sp³-hybridized carbons (Fsp3) is 0.923. The minimum Gasteiger partial charge on any atom is -0.372 e. The van der Waals surface area contributed by atoms with Crippen molar-refractivity contribution < 1.29 is 9.53 Å². The van der Waals surface area contributed by atoms with Crippen LogP contribution in [0.5, 0.6) is 0 Å². The van der Waals surface area contributed by atoms with Crippen molar-refractivity contribution >= 4 is 5.78 Å². The largest absolute Gasteiger partial charge is 0.372 e. The summed E-state index contributed by atoms with van der Waals surface area (Å²) in [6.45, 7) is 8.68. The van der Waals surface area contributed by atoms with Gasteiger partial charge in [-0.15, -0.1) is 0 Å². The zero-order valence-corrected chi connectivity index (χ0v) is 10.3. The van der Waals surface area contributed by atoms with Crippen molar-refractivity contribution in [2.45, 2.75) is 65.1 Å². The highest BCUT2D eigenvalue weighted by atomic mass is 16.5. The van der Waals surface area contributed by atoms with Crippen molar-refractivity contribution in [3.8, 4) is 0 Å². The minimum absolute atomic E-state index is 0.115. The van der Waals surface area contributed by atoms with Crippen LogP contribution in [0.3, 0.4) is 0 Å². The molecule has 2 nitrogen and oxygen atoms in total. The summed E-state index contributed by atoms with van der Waals surface area (Å²) in [6.07, 6.45) is 4.00. The number of hydrogen-bond donors (Lipinski definition) is 0. The first kappa shape index (κ1) is 11.1. The van der Waals surface area contributed by atoms with Crippen LogP contribution < -0.4 is 0 Å². The molecule has 2 rings (SSSR count). The Labute approximate surface area is 92.4 Å². The van der Waals surface area contributed by atoms with Gasteiger partial charge in [0.15, 0.2) is 0 Å². The lowest BCUT2D eigenvalue weighted by atomic mass is 9.59. The van der Waals surface area contributed by atoms with E-state index in [9.17, 15) is 4.79 Å². The topological polar surface area (TPSA) is 26.3 Å². The fourth-order valence-electron chi connectivity index (χ4n) is 3.77. The molecule has 2 aliphatic rings. The van der Waals surface area contributed by atoms with Crippen LogP contribution >= 0.6 is 0 Å². The van der Waals surface area contributed by atoms with Gasteiger partial charge in [-0.1, -0.05) is 13.8 Å². The third-order valence-electron chi connectivity index (χ3n) is 4.21. The van der Waals surface area contributed by atoms with Gasteiger partial charge in [0, 0.05) is 12.8 Å². The highest BCUT2D eigenvalue weighted by Gasteiger charge is 2.52. The van der Waals surface area contributed by atoms with Crippen LogP contribution in [0, 0.1) is 11.3 Å². The molecule has 2 fully saturated rings. The van der Waals surface area contributed by atoms with Crippen LogP contribution in [-0.2, 0) is 9.53 Å². The van der Waals surface area contributed by atoms with E-state index in [0.717, 1.165) is 12.8 Å². The molecule has 1 saturated carbocycles. The average molecular weight is 210 g/mol. The summed E-state index contributed by atoms with van der Waals surface area (Å²) in [5.41, 5.74) is -0.0826. The smallest absolute Gasteiger partial charge is 0.136 e. The second kappa shape index (κ2) is 3.31. The van der Waals surface area contributed by atoms with Gasteiger partial charge in [0.05, 0.1) is 11.7 Å². The number of Topliss-reactive ketones (excluding diaryl/α,β-unsaturated/α-hetero) is 1. The van der Waals surface area contributed by atoms with Crippen molar-refractivity contribution in [1.29, 1.82) is 0 Å². The lowest BCUT2D eigenvalue weighted by Gasteiger charge is -2.53. The molecule has 0 spiro atoms. The number of fused-ring (bicyclic) bond motifs is 1. The number of carbonyl (C=O) groups is 1. The second-order valence-corrected chi connectivity index (χ2v) is 6.25. The molecule has 86 valence electrons. The van der Waals surface area contributed by atoms with E-state index < -0.39 is 0 Å². The number of ether oxygens (including phenoxy) is 1. The van der Waals surface area contributed by atoms with Crippen molar-refractivity contribution in [2.24, 2.45) is 11.3 Å². The van der Waals surface area contributed by atoms with Gasteiger partial charge >= 0.3 is 0 Å². The normalized spacial score (nSPS) is 44.9. The molecule has 0 aromatic rings. The van der Waals surface area contributed by atoms with E-state index in [4.69, 9.17) is 4.74 Å². The van der Waals surface area contributed by atoms with Gasteiger partial charge in [0.1, 0.15) is 5.78 Å². The second-order valence-electron chi connectivity index (χ2n) is 6.25. The minimum atomic E-state index is -0.198. The maximum Gasteiger partial charge on any atom is 0.136 e. The Morgan fingerprint density at radius 2 is 1.87 bits per heavy atom. The van der Waals surface area contributed by atoms with E-state index in [-0.39, 0.29) is 11.0 Å². The molecule has 15 heavy (non-hydrogen) atoms. The third kappa shape index (κ3) is 1.84. The van der Waals surface area contributed by atoms with Gasteiger partial charge in [-0.25, -0.2) is 0 Å². The molecular weight excluding hydrogens is 188 g/mol. The van der Waals surface area contributed by atoms with E-state index in [1.54, 1.807) is 0 Å². The van der Waals surface area contributed by atoms with E-state index >= 15 is 0 Å². The standard InChI is InChI=1S/C13H22O2/c1-9-5-6-11-12(2,3)7-10(14)8-13(11,4)15-9/h9,11H,5-8H2,1-4H3/t9-,11+,13+/m1/s1. The average Bonchev–Trinajstić information content (AvgIpc) is 1.97. The van der Waals surface area contributed by atoms with Gasteiger partial charge in [0.2, 0.25) is 0 Å². The van der Waals surface area contributed by atoms with Crippen LogP contribution in [0.4, 0.5) is 0 Å². The molecule has 2 heteroatoms. The first-order chi connectivity index (χ1) is 6.83. The monoisotopic (exact) mass is 210 g/mol. The Morgan fingerprint density at radius 3 is 2.53 bits per heavy atom. The van der Waals surface area contributed by atoms with E-state index in [0.29, 0.717) is 24.2 Å². The summed E-state index contributed by atoms with van der Waals surface area (Å²) in [7, 11) is 0. The van der Waals surface area contributed by atoms with Crippen LogP contribution in [-0.4, -0.2) is 17.5 Å². The molecule has 0 aromatic heterocycles. The first-order valence-electron chi connectivity index (χ1n) is 6.03. The van der Waals surface area contributed by atoms with Crippen LogP contribution in [0.25, 0.3) is 0 Å². The molecule has 1 aliphatic carbocycles. The van der Waals surface area contributed by atoms with Crippen LogP contribution in [0.15, 0.2) is 0 Å². The van der Waals surface area contributed by atoms with Gasteiger partial charge in [-0.3, -0.25) is 4.79 Å². The molecule has 1 aliphatic heterocycles. The summed E-state index contributed by atoms with van der Waals surface area (Å²) in [5, 5.41) is 0. The Bertz CT molecular complexity index is 282. The molecule has 0 amide bonds. The van der Waals surface area contributed by atoms with E-state index in [2.05, 4.69) is 27.7 Å². The van der Waals surface area contributed by atoms with Crippen LogP contribution in [0.2, 0.25) is 0 Å². The Kier molecular flexibility index (Phi) is 2.45. The summed E-state index contributed by atoms with van der Waals surface area (Å²) in [5.74, 6) is 0.909. The zero-order chi connectivity index (χ0) is 11.3. The third-order valence-corrected chi connectivity index (χ3v) is 4.21. The Morgan fingerprint density at radius 1 is 1.20 bits per heavy atom. The molecular formula is C13H22O2. The zero-order valence-electron chi connectivity index (χ0n) is 10.3. The summed E-state index contributed by atoms with van der Waals surface area (Å²) in [4.78, 5) is 11.8.